The van der Waals surface area contributed by atoms with Crippen molar-refractivity contribution in [1.82, 2.24) is 0 Å². The molecule has 0 fully saturated rings. The van der Waals surface area contributed by atoms with E-state index >= 15 is 0 Å². The Morgan fingerprint density at radius 2 is 2.12 bits per heavy atom. The summed E-state index contributed by atoms with van der Waals surface area (Å²) in [6, 6.07) is 2.68. The van der Waals surface area contributed by atoms with Crippen LogP contribution in [0, 0.1) is 17.7 Å². The second-order valence-corrected chi connectivity index (χ2v) is 5.63. The minimum absolute atomic E-state index is 0.355. The Labute approximate surface area is 115 Å². The molecule has 0 amide bonds. The summed E-state index contributed by atoms with van der Waals surface area (Å²) in [7, 11) is 0. The van der Waals surface area contributed by atoms with E-state index in [0.29, 0.717) is 33.6 Å². The molecule has 1 rings (SSSR count). The molecule has 17 heavy (non-hydrogen) atoms. The number of benzene rings is 1. The summed E-state index contributed by atoms with van der Waals surface area (Å²) in [4.78, 5) is 0. The fourth-order valence-electron chi connectivity index (χ4n) is 1.54. The molecule has 0 aliphatic rings. The summed E-state index contributed by atoms with van der Waals surface area (Å²) in [5.41, 5.74) is 6.41. The van der Waals surface area contributed by atoms with Crippen LogP contribution in [0.5, 0.6) is 0 Å². The maximum atomic E-state index is 13.0. The van der Waals surface area contributed by atoms with Crippen LogP contribution in [0.4, 0.5) is 10.1 Å². The number of hydrogen-bond acceptors (Lipinski definition) is 2. The van der Waals surface area contributed by atoms with E-state index in [-0.39, 0.29) is 5.82 Å². The maximum absolute atomic E-state index is 13.0. The van der Waals surface area contributed by atoms with Crippen molar-refractivity contribution in [3.63, 3.8) is 0 Å². The first kappa shape index (κ1) is 14.7. The van der Waals surface area contributed by atoms with Crippen molar-refractivity contribution in [2.24, 2.45) is 17.6 Å². The van der Waals surface area contributed by atoms with Gasteiger partial charge in [0.05, 0.1) is 10.7 Å². The van der Waals surface area contributed by atoms with E-state index in [1.807, 2.05) is 0 Å². The standard InChI is InChI=1S/C12H17BrClFN2/c1-7(2)8(5-16)6-17-12-10(13)3-9(15)4-11(12)14/h3-4,7-8,17H,5-6,16H2,1-2H3. The Bertz CT molecular complexity index is 362. The zero-order valence-electron chi connectivity index (χ0n) is 9.93. The zero-order chi connectivity index (χ0) is 13.0. The molecular weight excluding hydrogens is 307 g/mol. The molecule has 0 bridgehead atoms. The second-order valence-electron chi connectivity index (χ2n) is 4.37. The van der Waals surface area contributed by atoms with Crippen LogP contribution in [0.1, 0.15) is 13.8 Å². The Morgan fingerprint density at radius 1 is 1.47 bits per heavy atom. The fourth-order valence-corrected chi connectivity index (χ4v) is 2.49. The first-order chi connectivity index (χ1) is 7.95. The van der Waals surface area contributed by atoms with E-state index in [9.17, 15) is 4.39 Å². The van der Waals surface area contributed by atoms with Gasteiger partial charge in [-0.15, -0.1) is 0 Å². The van der Waals surface area contributed by atoms with Gasteiger partial charge in [0, 0.05) is 11.0 Å². The highest BCUT2D eigenvalue weighted by molar-refractivity contribution is 9.10. The van der Waals surface area contributed by atoms with Crippen LogP contribution in [0.2, 0.25) is 5.02 Å². The lowest BCUT2D eigenvalue weighted by Crippen LogP contribution is -2.27. The third-order valence-corrected chi connectivity index (χ3v) is 3.72. The van der Waals surface area contributed by atoms with Crippen LogP contribution < -0.4 is 11.1 Å². The van der Waals surface area contributed by atoms with Gasteiger partial charge in [-0.1, -0.05) is 25.4 Å². The van der Waals surface area contributed by atoms with Crippen LogP contribution in [0.15, 0.2) is 16.6 Å². The van der Waals surface area contributed by atoms with Gasteiger partial charge in [0.25, 0.3) is 0 Å². The molecule has 0 saturated heterocycles. The van der Waals surface area contributed by atoms with Crippen molar-refractivity contribution in [2.45, 2.75) is 13.8 Å². The number of nitrogens with two attached hydrogens (primary N) is 1. The van der Waals surface area contributed by atoms with Crippen LogP contribution in [0.25, 0.3) is 0 Å². The van der Waals surface area contributed by atoms with Crippen molar-refractivity contribution in [2.75, 3.05) is 18.4 Å². The topological polar surface area (TPSA) is 38.0 Å². The first-order valence-electron chi connectivity index (χ1n) is 5.54. The summed E-state index contributed by atoms with van der Waals surface area (Å²) >= 11 is 9.27. The molecule has 1 aromatic rings. The third-order valence-electron chi connectivity index (χ3n) is 2.79. The monoisotopic (exact) mass is 322 g/mol. The van der Waals surface area contributed by atoms with E-state index < -0.39 is 0 Å². The predicted octanol–water partition coefficient (Wildman–Crippen LogP) is 3.88. The molecule has 0 aliphatic heterocycles. The van der Waals surface area contributed by atoms with Crippen molar-refractivity contribution < 1.29 is 4.39 Å². The lowest BCUT2D eigenvalue weighted by molar-refractivity contribution is 0.413. The summed E-state index contributed by atoms with van der Waals surface area (Å²) in [6.07, 6.45) is 0. The normalized spacial score (nSPS) is 12.9. The second kappa shape index (κ2) is 6.57. The van der Waals surface area contributed by atoms with E-state index in [2.05, 4.69) is 35.1 Å². The molecule has 5 heteroatoms. The molecule has 3 N–H and O–H groups in total. The highest BCUT2D eigenvalue weighted by Crippen LogP contribution is 2.32. The van der Waals surface area contributed by atoms with Crippen molar-refractivity contribution in [3.05, 3.63) is 27.4 Å². The Kier molecular flexibility index (Phi) is 5.70. The summed E-state index contributed by atoms with van der Waals surface area (Å²) < 4.78 is 13.7. The van der Waals surface area contributed by atoms with Gasteiger partial charge in [-0.2, -0.15) is 0 Å². The zero-order valence-corrected chi connectivity index (χ0v) is 12.3. The predicted molar refractivity (Wildman–Crippen MR) is 75.0 cm³/mol. The summed E-state index contributed by atoms with van der Waals surface area (Å²) in [5.74, 6) is 0.500. The van der Waals surface area contributed by atoms with Crippen molar-refractivity contribution >= 4 is 33.2 Å². The minimum Gasteiger partial charge on any atom is -0.383 e. The number of hydrogen-bond donors (Lipinski definition) is 2. The molecule has 0 saturated carbocycles. The van der Waals surface area contributed by atoms with E-state index in [1.165, 1.54) is 12.1 Å². The van der Waals surface area contributed by atoms with Crippen molar-refractivity contribution in [3.8, 4) is 0 Å². The first-order valence-corrected chi connectivity index (χ1v) is 6.71. The van der Waals surface area contributed by atoms with Crippen LogP contribution >= 0.6 is 27.5 Å². The lowest BCUT2D eigenvalue weighted by Gasteiger charge is -2.21. The Morgan fingerprint density at radius 3 is 2.59 bits per heavy atom. The van der Waals surface area contributed by atoms with Gasteiger partial charge >= 0.3 is 0 Å². The Hall–Kier alpha value is -0.320. The van der Waals surface area contributed by atoms with Crippen molar-refractivity contribution in [1.29, 1.82) is 0 Å². The summed E-state index contributed by atoms with van der Waals surface area (Å²) in [5, 5.41) is 3.59. The average Bonchev–Trinajstić information content (AvgIpc) is 2.21. The highest BCUT2D eigenvalue weighted by atomic mass is 79.9. The summed E-state index contributed by atoms with van der Waals surface area (Å²) in [6.45, 7) is 5.58. The van der Waals surface area contributed by atoms with Gasteiger partial charge in [0.1, 0.15) is 5.82 Å². The maximum Gasteiger partial charge on any atom is 0.125 e. The molecule has 1 unspecified atom stereocenters. The molecule has 2 nitrogen and oxygen atoms in total. The van der Waals surface area contributed by atoms with Gasteiger partial charge < -0.3 is 11.1 Å². The third kappa shape index (κ3) is 4.12. The smallest absolute Gasteiger partial charge is 0.125 e. The molecular formula is C12H17BrClFN2. The molecule has 0 spiro atoms. The lowest BCUT2D eigenvalue weighted by atomic mass is 9.96. The molecule has 96 valence electrons. The molecule has 0 heterocycles. The van der Waals surface area contributed by atoms with Crippen LogP contribution in [-0.2, 0) is 0 Å². The quantitative estimate of drug-likeness (QED) is 0.863. The Balaban J connectivity index is 2.75. The fraction of sp³-hybridized carbons (Fsp3) is 0.500. The average molecular weight is 324 g/mol. The molecule has 0 aromatic heterocycles. The van der Waals surface area contributed by atoms with E-state index in [4.69, 9.17) is 17.3 Å². The van der Waals surface area contributed by atoms with Gasteiger partial charge in [-0.3, -0.25) is 0 Å². The van der Waals surface area contributed by atoms with Gasteiger partial charge in [-0.05, 0) is 46.4 Å². The number of rotatable bonds is 5. The van der Waals surface area contributed by atoms with Gasteiger partial charge in [0.15, 0.2) is 0 Å². The van der Waals surface area contributed by atoms with Crippen LogP contribution in [0.3, 0.4) is 0 Å². The van der Waals surface area contributed by atoms with Crippen LogP contribution in [-0.4, -0.2) is 13.1 Å². The molecule has 1 atom stereocenters. The SMILES string of the molecule is CC(C)C(CN)CNc1c(Cl)cc(F)cc1Br. The van der Waals surface area contributed by atoms with E-state index in [1.54, 1.807) is 0 Å². The van der Waals surface area contributed by atoms with Gasteiger partial charge in [-0.25, -0.2) is 4.39 Å². The largest absolute Gasteiger partial charge is 0.383 e. The highest BCUT2D eigenvalue weighted by Gasteiger charge is 2.13. The number of halogens is 3. The number of anilines is 1. The van der Waals surface area contributed by atoms with Gasteiger partial charge in [0.2, 0.25) is 0 Å². The molecule has 0 radical (unpaired) electrons. The van der Waals surface area contributed by atoms with E-state index in [0.717, 1.165) is 6.54 Å². The minimum atomic E-state index is -0.355. The molecule has 1 aromatic carbocycles. The number of nitrogens with one attached hydrogen (secondary N) is 1. The molecule has 0 aliphatic carbocycles.